The van der Waals surface area contributed by atoms with Gasteiger partial charge in [0, 0.05) is 18.0 Å². The van der Waals surface area contributed by atoms with E-state index >= 15 is 0 Å². The van der Waals surface area contributed by atoms with Crippen molar-refractivity contribution in [2.45, 2.75) is 26.1 Å². The Morgan fingerprint density at radius 1 is 1.59 bits per heavy atom. The first kappa shape index (κ1) is 12.2. The van der Waals surface area contributed by atoms with Gasteiger partial charge in [-0.3, -0.25) is 0 Å². The van der Waals surface area contributed by atoms with E-state index in [1.165, 1.54) is 0 Å². The number of thiophene rings is 1. The Kier molecular flexibility index (Phi) is 4.24. The minimum Gasteiger partial charge on any atom is -0.386 e. The third-order valence-corrected chi connectivity index (χ3v) is 3.50. The Labute approximate surface area is 104 Å². The topological polar surface area (TPSA) is 63.0 Å². The molecule has 0 bridgehead atoms. The second-order valence-corrected chi connectivity index (χ2v) is 4.67. The van der Waals surface area contributed by atoms with Gasteiger partial charge in [-0.25, -0.2) is 0 Å². The first-order chi connectivity index (χ1) is 8.31. The van der Waals surface area contributed by atoms with Crippen LogP contribution in [0.3, 0.4) is 0 Å². The van der Waals surface area contributed by atoms with Gasteiger partial charge in [-0.05, 0) is 18.4 Å². The lowest BCUT2D eigenvalue weighted by atomic mass is 10.3. The van der Waals surface area contributed by atoms with Crippen molar-refractivity contribution in [3.63, 3.8) is 0 Å². The van der Waals surface area contributed by atoms with E-state index < -0.39 is 6.10 Å². The number of nitrogens with one attached hydrogen (secondary N) is 1. The van der Waals surface area contributed by atoms with Crippen LogP contribution >= 0.6 is 11.3 Å². The molecule has 0 aliphatic heterocycles. The van der Waals surface area contributed by atoms with Gasteiger partial charge in [-0.15, -0.1) is 21.5 Å². The molecule has 2 N–H and O–H groups in total. The quantitative estimate of drug-likeness (QED) is 0.810. The van der Waals surface area contributed by atoms with E-state index in [4.69, 9.17) is 0 Å². The Balaban J connectivity index is 1.80. The molecule has 2 aromatic heterocycles. The maximum absolute atomic E-state index is 9.87. The second-order valence-electron chi connectivity index (χ2n) is 3.70. The van der Waals surface area contributed by atoms with E-state index in [-0.39, 0.29) is 0 Å². The summed E-state index contributed by atoms with van der Waals surface area (Å²) in [6.45, 7) is 4.05. The molecule has 0 fully saturated rings. The Morgan fingerprint density at radius 2 is 2.47 bits per heavy atom. The highest BCUT2D eigenvalue weighted by molar-refractivity contribution is 7.10. The first-order valence-corrected chi connectivity index (χ1v) is 6.48. The zero-order chi connectivity index (χ0) is 12.1. The van der Waals surface area contributed by atoms with E-state index in [1.54, 1.807) is 17.7 Å². The first-order valence-electron chi connectivity index (χ1n) is 5.60. The molecule has 0 aliphatic rings. The number of aliphatic hydroxyl groups excluding tert-OH is 1. The summed E-state index contributed by atoms with van der Waals surface area (Å²) in [5.41, 5.74) is 0. The van der Waals surface area contributed by atoms with E-state index in [0.29, 0.717) is 13.1 Å². The number of aliphatic hydroxyl groups is 1. The molecule has 1 atom stereocenters. The van der Waals surface area contributed by atoms with Crippen LogP contribution < -0.4 is 5.32 Å². The minimum atomic E-state index is -0.451. The molecular weight excluding hydrogens is 236 g/mol. The summed E-state index contributed by atoms with van der Waals surface area (Å²) in [7, 11) is 0. The van der Waals surface area contributed by atoms with Crippen LogP contribution in [-0.4, -0.2) is 26.4 Å². The third kappa shape index (κ3) is 3.12. The predicted octanol–water partition coefficient (Wildman–Crippen LogP) is 1.18. The van der Waals surface area contributed by atoms with Crippen molar-refractivity contribution >= 4 is 11.3 Å². The molecule has 0 radical (unpaired) electrons. The monoisotopic (exact) mass is 252 g/mol. The summed E-state index contributed by atoms with van der Waals surface area (Å²) >= 11 is 1.56. The zero-order valence-electron chi connectivity index (χ0n) is 9.71. The van der Waals surface area contributed by atoms with Gasteiger partial charge in [0.2, 0.25) is 0 Å². The summed E-state index contributed by atoms with van der Waals surface area (Å²) in [6, 6.07) is 3.88. The maximum Gasteiger partial charge on any atom is 0.146 e. The summed E-state index contributed by atoms with van der Waals surface area (Å²) < 4.78 is 1.98. The van der Waals surface area contributed by atoms with Gasteiger partial charge in [0.25, 0.3) is 0 Å². The van der Waals surface area contributed by atoms with Crippen LogP contribution in [0.2, 0.25) is 0 Å². The van der Waals surface area contributed by atoms with Crippen LogP contribution in [0.15, 0.2) is 23.8 Å². The fraction of sp³-hybridized carbons (Fsp3) is 0.455. The van der Waals surface area contributed by atoms with Crippen LogP contribution in [0.4, 0.5) is 0 Å². The van der Waals surface area contributed by atoms with Gasteiger partial charge >= 0.3 is 0 Å². The number of nitrogens with zero attached hydrogens (tertiary/aromatic N) is 3. The number of aryl methyl sites for hydroxylation is 1. The molecular formula is C11H16N4OS. The molecule has 2 rings (SSSR count). The standard InChI is InChI=1S/C11H16N4OS/c1-2-15-8-13-14-11(15)7-12-6-9(16)10-4-3-5-17-10/h3-5,8-9,12,16H,2,6-7H2,1H3. The zero-order valence-corrected chi connectivity index (χ0v) is 10.5. The highest BCUT2D eigenvalue weighted by atomic mass is 32.1. The molecule has 92 valence electrons. The van der Waals surface area contributed by atoms with E-state index in [1.807, 2.05) is 29.0 Å². The molecule has 0 saturated carbocycles. The van der Waals surface area contributed by atoms with Gasteiger partial charge in [0.15, 0.2) is 0 Å². The third-order valence-electron chi connectivity index (χ3n) is 2.53. The second kappa shape index (κ2) is 5.90. The highest BCUT2D eigenvalue weighted by Crippen LogP contribution is 2.17. The van der Waals surface area contributed by atoms with Crippen molar-refractivity contribution in [2.24, 2.45) is 0 Å². The lowest BCUT2D eigenvalue weighted by Gasteiger charge is -2.10. The van der Waals surface area contributed by atoms with Gasteiger partial charge in [0.05, 0.1) is 6.54 Å². The molecule has 17 heavy (non-hydrogen) atoms. The molecule has 0 amide bonds. The van der Waals surface area contributed by atoms with Gasteiger partial charge < -0.3 is 15.0 Å². The Morgan fingerprint density at radius 3 is 3.18 bits per heavy atom. The number of hydrogen-bond acceptors (Lipinski definition) is 5. The number of rotatable bonds is 6. The summed E-state index contributed by atoms with van der Waals surface area (Å²) in [4.78, 5) is 0.981. The largest absolute Gasteiger partial charge is 0.386 e. The van der Waals surface area contributed by atoms with Gasteiger partial charge in [-0.1, -0.05) is 6.07 Å². The molecule has 0 saturated heterocycles. The van der Waals surface area contributed by atoms with Crippen molar-refractivity contribution in [3.8, 4) is 0 Å². The minimum absolute atomic E-state index is 0.451. The molecule has 2 aromatic rings. The fourth-order valence-electron chi connectivity index (χ4n) is 1.58. The lowest BCUT2D eigenvalue weighted by molar-refractivity contribution is 0.177. The summed E-state index contributed by atoms with van der Waals surface area (Å²) in [6.07, 6.45) is 1.26. The van der Waals surface area contributed by atoms with Crippen molar-refractivity contribution < 1.29 is 5.11 Å². The molecule has 2 heterocycles. The molecule has 6 heteroatoms. The van der Waals surface area contributed by atoms with Gasteiger partial charge in [-0.2, -0.15) is 0 Å². The SMILES string of the molecule is CCn1cnnc1CNCC(O)c1cccs1. The van der Waals surface area contributed by atoms with Crippen LogP contribution in [0.1, 0.15) is 23.7 Å². The smallest absolute Gasteiger partial charge is 0.146 e. The van der Waals surface area contributed by atoms with Crippen molar-refractivity contribution in [1.29, 1.82) is 0 Å². The number of hydrogen-bond donors (Lipinski definition) is 2. The molecule has 0 aromatic carbocycles. The Bertz CT molecular complexity index is 440. The summed E-state index contributed by atoms with van der Waals surface area (Å²) in [5, 5.41) is 22.9. The van der Waals surface area contributed by atoms with Crippen molar-refractivity contribution in [1.82, 2.24) is 20.1 Å². The molecule has 1 unspecified atom stereocenters. The van der Waals surface area contributed by atoms with Crippen LogP contribution in [0.5, 0.6) is 0 Å². The van der Waals surface area contributed by atoms with Crippen molar-refractivity contribution in [3.05, 3.63) is 34.5 Å². The fourth-order valence-corrected chi connectivity index (χ4v) is 2.29. The van der Waals surface area contributed by atoms with Gasteiger partial charge in [0.1, 0.15) is 18.3 Å². The molecule has 5 nitrogen and oxygen atoms in total. The maximum atomic E-state index is 9.87. The van der Waals surface area contributed by atoms with Crippen molar-refractivity contribution in [2.75, 3.05) is 6.54 Å². The number of aromatic nitrogens is 3. The van der Waals surface area contributed by atoms with E-state index in [0.717, 1.165) is 17.2 Å². The van der Waals surface area contributed by atoms with Crippen LogP contribution in [0, 0.1) is 0 Å². The van der Waals surface area contributed by atoms with E-state index in [9.17, 15) is 5.11 Å². The summed E-state index contributed by atoms with van der Waals surface area (Å²) in [5.74, 6) is 0.894. The molecule has 0 aliphatic carbocycles. The average Bonchev–Trinajstić information content (AvgIpc) is 2.99. The lowest BCUT2D eigenvalue weighted by Crippen LogP contribution is -2.22. The van der Waals surface area contributed by atoms with Crippen LogP contribution in [-0.2, 0) is 13.1 Å². The Hall–Kier alpha value is -1.24. The average molecular weight is 252 g/mol. The normalized spacial score (nSPS) is 12.8. The molecule has 0 spiro atoms. The van der Waals surface area contributed by atoms with E-state index in [2.05, 4.69) is 15.5 Å². The predicted molar refractivity (Wildman–Crippen MR) is 66.7 cm³/mol. The highest BCUT2D eigenvalue weighted by Gasteiger charge is 2.08. The van der Waals surface area contributed by atoms with Crippen LogP contribution in [0.25, 0.3) is 0 Å².